The lowest BCUT2D eigenvalue weighted by Crippen LogP contribution is -2.61. The van der Waals surface area contributed by atoms with Crippen LogP contribution in [0.15, 0.2) is 12.2 Å². The minimum absolute atomic E-state index is 0.0232. The number of nitrogens with one attached hydrogen (secondary N) is 1. The third-order valence-electron chi connectivity index (χ3n) is 9.21. The van der Waals surface area contributed by atoms with Crippen molar-refractivity contribution < 1.29 is 15.0 Å². The number of hydrogen-bond acceptors (Lipinski definition) is 3. The smallest absolute Gasteiger partial charge is 0.295 e. The fraction of sp³-hybridized carbons (Fsp3) is 0.783. The molecule has 4 aliphatic rings. The van der Waals surface area contributed by atoms with Gasteiger partial charge in [0.2, 0.25) is 0 Å². The van der Waals surface area contributed by atoms with E-state index in [-0.39, 0.29) is 22.2 Å². The fourth-order valence-electron chi connectivity index (χ4n) is 8.05. The SMILES string of the molecule is C#CC(=O)NC[C@]1(C)CCC[C@]2(C)C1CC[C@@]13C[C@@](O)(CCC21)C(=C)C3O. The Morgan fingerprint density at radius 2 is 1.96 bits per heavy atom. The summed E-state index contributed by atoms with van der Waals surface area (Å²) in [4.78, 5) is 11.7. The monoisotopic (exact) mass is 371 g/mol. The Bertz CT molecular complexity index is 726. The van der Waals surface area contributed by atoms with Gasteiger partial charge in [-0.3, -0.25) is 4.79 Å². The van der Waals surface area contributed by atoms with Crippen LogP contribution < -0.4 is 5.32 Å². The van der Waals surface area contributed by atoms with E-state index in [1.807, 2.05) is 0 Å². The summed E-state index contributed by atoms with van der Waals surface area (Å²) in [5.74, 6) is 2.71. The van der Waals surface area contributed by atoms with E-state index in [2.05, 4.69) is 31.7 Å². The van der Waals surface area contributed by atoms with Crippen molar-refractivity contribution >= 4 is 5.91 Å². The fourth-order valence-corrected chi connectivity index (χ4v) is 8.05. The Morgan fingerprint density at radius 3 is 2.67 bits per heavy atom. The van der Waals surface area contributed by atoms with Gasteiger partial charge < -0.3 is 15.5 Å². The Morgan fingerprint density at radius 1 is 1.26 bits per heavy atom. The molecule has 148 valence electrons. The van der Waals surface area contributed by atoms with Crippen LogP contribution in [0, 0.1) is 40.4 Å². The molecule has 0 aromatic heterocycles. The van der Waals surface area contributed by atoms with Crippen LogP contribution in [-0.4, -0.2) is 34.4 Å². The summed E-state index contributed by atoms with van der Waals surface area (Å²) in [6, 6.07) is 0. The molecule has 0 aliphatic heterocycles. The minimum Gasteiger partial charge on any atom is -0.388 e. The number of aliphatic hydroxyl groups excluding tert-OH is 1. The maximum atomic E-state index is 11.7. The highest BCUT2D eigenvalue weighted by atomic mass is 16.3. The Labute approximate surface area is 162 Å². The van der Waals surface area contributed by atoms with E-state index < -0.39 is 11.7 Å². The van der Waals surface area contributed by atoms with E-state index in [9.17, 15) is 15.0 Å². The van der Waals surface area contributed by atoms with Gasteiger partial charge in [0.05, 0.1) is 11.7 Å². The average molecular weight is 372 g/mol. The van der Waals surface area contributed by atoms with Crippen molar-refractivity contribution in [1.82, 2.24) is 5.32 Å². The number of carbonyl (C=O) groups is 1. The molecule has 2 bridgehead atoms. The molecule has 4 saturated carbocycles. The first-order valence-corrected chi connectivity index (χ1v) is 10.5. The molecule has 0 aromatic rings. The number of hydrogen-bond donors (Lipinski definition) is 3. The molecular formula is C23H33NO3. The van der Waals surface area contributed by atoms with Crippen LogP contribution in [0.5, 0.6) is 0 Å². The molecule has 3 unspecified atom stereocenters. The van der Waals surface area contributed by atoms with Gasteiger partial charge in [0, 0.05) is 12.0 Å². The maximum Gasteiger partial charge on any atom is 0.295 e. The van der Waals surface area contributed by atoms with Crippen LogP contribution in [0.25, 0.3) is 0 Å². The van der Waals surface area contributed by atoms with Gasteiger partial charge in [-0.2, -0.15) is 0 Å². The second kappa shape index (κ2) is 5.84. The predicted octanol–water partition coefficient (Wildman–Crippen LogP) is 2.79. The number of amides is 1. The number of carbonyl (C=O) groups excluding carboxylic acids is 1. The molecular weight excluding hydrogens is 338 g/mol. The summed E-state index contributed by atoms with van der Waals surface area (Å²) < 4.78 is 0. The average Bonchev–Trinajstić information content (AvgIpc) is 2.76. The van der Waals surface area contributed by atoms with Crippen LogP contribution in [-0.2, 0) is 4.79 Å². The van der Waals surface area contributed by atoms with Gasteiger partial charge in [-0.1, -0.05) is 26.8 Å². The lowest BCUT2D eigenvalue weighted by molar-refractivity contribution is -0.181. The summed E-state index contributed by atoms with van der Waals surface area (Å²) in [6.45, 7) is 9.41. The minimum atomic E-state index is -0.877. The molecule has 4 heteroatoms. The van der Waals surface area contributed by atoms with E-state index in [4.69, 9.17) is 6.42 Å². The molecule has 4 aliphatic carbocycles. The molecule has 0 aromatic carbocycles. The number of terminal acetylenes is 1. The van der Waals surface area contributed by atoms with Crippen molar-refractivity contribution in [3.8, 4) is 12.3 Å². The highest BCUT2D eigenvalue weighted by molar-refractivity contribution is 5.92. The van der Waals surface area contributed by atoms with Gasteiger partial charge >= 0.3 is 0 Å². The molecule has 4 nitrogen and oxygen atoms in total. The van der Waals surface area contributed by atoms with E-state index in [1.165, 1.54) is 0 Å². The molecule has 3 N–H and O–H groups in total. The first kappa shape index (κ1) is 19.0. The number of rotatable bonds is 2. The molecule has 0 saturated heterocycles. The first-order chi connectivity index (χ1) is 12.6. The summed E-state index contributed by atoms with van der Waals surface area (Å²) in [6.07, 6.45) is 12.3. The molecule has 1 spiro atoms. The Kier molecular flexibility index (Phi) is 4.12. The van der Waals surface area contributed by atoms with Crippen molar-refractivity contribution in [3.63, 3.8) is 0 Å². The summed E-state index contributed by atoms with van der Waals surface area (Å²) in [5.41, 5.74) is -0.325. The van der Waals surface area contributed by atoms with Crippen LogP contribution in [0.1, 0.15) is 65.2 Å². The summed E-state index contributed by atoms with van der Waals surface area (Å²) >= 11 is 0. The first-order valence-electron chi connectivity index (χ1n) is 10.5. The highest BCUT2D eigenvalue weighted by Crippen LogP contribution is 2.72. The predicted molar refractivity (Wildman–Crippen MR) is 105 cm³/mol. The lowest BCUT2D eigenvalue weighted by Gasteiger charge is -2.65. The molecule has 0 heterocycles. The van der Waals surface area contributed by atoms with Gasteiger partial charge in [0.15, 0.2) is 0 Å². The van der Waals surface area contributed by atoms with Crippen LogP contribution >= 0.6 is 0 Å². The van der Waals surface area contributed by atoms with E-state index in [0.29, 0.717) is 36.8 Å². The second-order valence-corrected chi connectivity index (χ2v) is 10.4. The van der Waals surface area contributed by atoms with Crippen molar-refractivity contribution in [1.29, 1.82) is 0 Å². The van der Waals surface area contributed by atoms with Gasteiger partial charge in [-0.05, 0) is 79.1 Å². The molecule has 4 rings (SSSR count). The quantitative estimate of drug-likeness (QED) is 0.516. The number of aliphatic hydroxyl groups is 2. The van der Waals surface area contributed by atoms with E-state index in [0.717, 1.165) is 38.5 Å². The van der Waals surface area contributed by atoms with Gasteiger partial charge in [0.25, 0.3) is 5.91 Å². The highest BCUT2D eigenvalue weighted by Gasteiger charge is 2.69. The summed E-state index contributed by atoms with van der Waals surface area (Å²) in [5, 5.41) is 25.1. The third kappa shape index (κ3) is 2.41. The van der Waals surface area contributed by atoms with Gasteiger partial charge in [-0.25, -0.2) is 0 Å². The van der Waals surface area contributed by atoms with E-state index >= 15 is 0 Å². The number of fused-ring (bicyclic) bond motifs is 3. The summed E-state index contributed by atoms with van der Waals surface area (Å²) in [7, 11) is 0. The van der Waals surface area contributed by atoms with Crippen LogP contribution in [0.4, 0.5) is 0 Å². The zero-order valence-corrected chi connectivity index (χ0v) is 16.7. The van der Waals surface area contributed by atoms with Crippen molar-refractivity contribution in [3.05, 3.63) is 12.2 Å². The third-order valence-corrected chi connectivity index (χ3v) is 9.21. The Balaban J connectivity index is 1.67. The van der Waals surface area contributed by atoms with E-state index in [1.54, 1.807) is 0 Å². The molecule has 27 heavy (non-hydrogen) atoms. The lowest BCUT2D eigenvalue weighted by atomic mass is 9.40. The van der Waals surface area contributed by atoms with Gasteiger partial charge in [-0.15, -0.1) is 6.42 Å². The van der Waals surface area contributed by atoms with Gasteiger partial charge in [0.1, 0.15) is 0 Å². The Hall–Kier alpha value is -1.31. The normalized spacial score (nSPS) is 51.1. The topological polar surface area (TPSA) is 69.6 Å². The van der Waals surface area contributed by atoms with Crippen molar-refractivity contribution in [2.45, 2.75) is 76.9 Å². The standard InChI is InChI=1S/C23H33NO3/c1-5-18(25)24-14-20(3)9-6-10-21(4)16(20)7-11-22-13-23(27,12-8-17(21)22)15(2)19(22)26/h1,16-17,19,26-27H,2,6-14H2,3-4H3,(H,24,25)/t16?,17?,19?,20-,21+,22+,23-/m0/s1. The molecule has 0 radical (unpaired) electrons. The molecule has 4 fully saturated rings. The maximum absolute atomic E-state index is 11.7. The van der Waals surface area contributed by atoms with Crippen molar-refractivity contribution in [2.75, 3.05) is 6.54 Å². The van der Waals surface area contributed by atoms with Crippen LogP contribution in [0.3, 0.4) is 0 Å². The molecule has 7 atom stereocenters. The molecule has 1 amide bonds. The second-order valence-electron chi connectivity index (χ2n) is 10.4. The van der Waals surface area contributed by atoms with Crippen LogP contribution in [0.2, 0.25) is 0 Å². The largest absolute Gasteiger partial charge is 0.388 e. The zero-order valence-electron chi connectivity index (χ0n) is 16.7. The zero-order chi connectivity index (χ0) is 19.7. The van der Waals surface area contributed by atoms with Crippen molar-refractivity contribution in [2.24, 2.45) is 28.1 Å².